The van der Waals surface area contributed by atoms with Crippen molar-refractivity contribution in [1.29, 1.82) is 5.26 Å². The Morgan fingerprint density at radius 1 is 1.52 bits per heavy atom. The SMILES string of the molecule is CCC(C)N(N=O)C(C)N1CCCC1(C#N)OC(=O)C(F)(F)F. The molecule has 1 fully saturated rings. The van der Waals surface area contributed by atoms with Crippen molar-refractivity contribution in [2.45, 2.75) is 64.1 Å². The molecular weight excluding hydrogens is 317 g/mol. The molecule has 0 saturated carbocycles. The maximum Gasteiger partial charge on any atom is 0.491 e. The maximum absolute atomic E-state index is 12.5. The molecule has 3 unspecified atom stereocenters. The predicted molar refractivity (Wildman–Crippen MR) is 73.3 cm³/mol. The van der Waals surface area contributed by atoms with Crippen molar-refractivity contribution in [2.75, 3.05) is 6.54 Å². The molecule has 1 aliphatic rings. The number of carbonyl (C=O) groups is 1. The van der Waals surface area contributed by atoms with Crippen LogP contribution in [0.1, 0.15) is 40.0 Å². The molecule has 1 aliphatic heterocycles. The zero-order valence-corrected chi connectivity index (χ0v) is 13.1. The van der Waals surface area contributed by atoms with Gasteiger partial charge < -0.3 is 4.74 Å². The number of esters is 1. The van der Waals surface area contributed by atoms with Crippen LogP contribution in [-0.2, 0) is 9.53 Å². The largest absolute Gasteiger partial charge is 0.491 e. The van der Waals surface area contributed by atoms with E-state index in [0.29, 0.717) is 12.8 Å². The van der Waals surface area contributed by atoms with Gasteiger partial charge in [-0.2, -0.15) is 18.4 Å². The summed E-state index contributed by atoms with van der Waals surface area (Å²) < 4.78 is 41.9. The number of carbonyl (C=O) groups excluding carboxylic acids is 1. The molecule has 0 aliphatic carbocycles. The van der Waals surface area contributed by atoms with E-state index in [1.54, 1.807) is 13.0 Å². The zero-order chi connectivity index (χ0) is 17.8. The van der Waals surface area contributed by atoms with Gasteiger partial charge in [-0.05, 0) is 26.7 Å². The Labute approximate surface area is 131 Å². The molecule has 1 rings (SSSR count). The van der Waals surface area contributed by atoms with Gasteiger partial charge in [0.2, 0.25) is 0 Å². The van der Waals surface area contributed by atoms with Crippen LogP contribution in [0.25, 0.3) is 0 Å². The summed E-state index contributed by atoms with van der Waals surface area (Å²) >= 11 is 0. The number of nitrogens with zero attached hydrogens (tertiary/aromatic N) is 4. The molecule has 0 amide bonds. The molecule has 0 spiro atoms. The minimum Gasteiger partial charge on any atom is -0.423 e. The minimum absolute atomic E-state index is 0.0666. The van der Waals surface area contributed by atoms with Crippen molar-refractivity contribution in [3.8, 4) is 6.07 Å². The Balaban J connectivity index is 3.07. The first kappa shape index (κ1) is 19.2. The number of likely N-dealkylation sites (tertiary alicyclic amines) is 1. The van der Waals surface area contributed by atoms with E-state index >= 15 is 0 Å². The van der Waals surface area contributed by atoms with Crippen LogP contribution in [0.5, 0.6) is 0 Å². The van der Waals surface area contributed by atoms with E-state index in [1.165, 1.54) is 11.8 Å². The van der Waals surface area contributed by atoms with E-state index < -0.39 is 24.0 Å². The Morgan fingerprint density at radius 3 is 2.57 bits per heavy atom. The summed E-state index contributed by atoms with van der Waals surface area (Å²) in [6.07, 6.45) is -5.11. The molecule has 0 aromatic carbocycles. The molecule has 7 nitrogen and oxygen atoms in total. The third-order valence-electron chi connectivity index (χ3n) is 4.02. The fourth-order valence-corrected chi connectivity index (χ4v) is 2.61. The van der Waals surface area contributed by atoms with Crippen LogP contribution in [0.3, 0.4) is 0 Å². The van der Waals surface area contributed by atoms with Crippen molar-refractivity contribution in [2.24, 2.45) is 5.29 Å². The lowest BCUT2D eigenvalue weighted by molar-refractivity contribution is -0.224. The fraction of sp³-hybridized carbons (Fsp3) is 0.846. The Hall–Kier alpha value is -1.89. The van der Waals surface area contributed by atoms with Gasteiger partial charge in [0.25, 0.3) is 5.72 Å². The molecule has 1 heterocycles. The number of ether oxygens (including phenoxy) is 1. The van der Waals surface area contributed by atoms with Gasteiger partial charge in [0.15, 0.2) is 0 Å². The molecule has 3 atom stereocenters. The molecule has 130 valence electrons. The fourth-order valence-electron chi connectivity index (χ4n) is 2.61. The topological polar surface area (TPSA) is 86.0 Å². The molecule has 0 aromatic heterocycles. The monoisotopic (exact) mass is 336 g/mol. The van der Waals surface area contributed by atoms with Crippen LogP contribution < -0.4 is 0 Å². The Kier molecular flexibility index (Phi) is 5.93. The lowest BCUT2D eigenvalue weighted by Gasteiger charge is -2.40. The van der Waals surface area contributed by atoms with Crippen LogP contribution >= 0.6 is 0 Å². The van der Waals surface area contributed by atoms with E-state index in [4.69, 9.17) is 0 Å². The highest BCUT2D eigenvalue weighted by Crippen LogP contribution is 2.35. The minimum atomic E-state index is -5.19. The summed E-state index contributed by atoms with van der Waals surface area (Å²) in [5.74, 6) is -2.42. The quantitative estimate of drug-likeness (QED) is 0.421. The lowest BCUT2D eigenvalue weighted by atomic mass is 10.1. The molecule has 0 N–H and O–H groups in total. The first-order chi connectivity index (χ1) is 10.6. The van der Waals surface area contributed by atoms with Crippen molar-refractivity contribution in [1.82, 2.24) is 9.91 Å². The zero-order valence-electron chi connectivity index (χ0n) is 13.1. The van der Waals surface area contributed by atoms with Crippen LogP contribution in [0, 0.1) is 16.2 Å². The maximum atomic E-state index is 12.5. The number of nitroso groups, excluding NO2 is 1. The van der Waals surface area contributed by atoms with E-state index in [2.05, 4.69) is 10.0 Å². The number of alkyl halides is 3. The number of rotatable bonds is 6. The molecule has 0 aromatic rings. The second kappa shape index (κ2) is 7.12. The summed E-state index contributed by atoms with van der Waals surface area (Å²) in [4.78, 5) is 23.5. The van der Waals surface area contributed by atoms with Gasteiger partial charge in [-0.3, -0.25) is 0 Å². The van der Waals surface area contributed by atoms with E-state index in [1.807, 2.05) is 6.92 Å². The van der Waals surface area contributed by atoms with Gasteiger partial charge in [-0.15, -0.1) is 4.91 Å². The van der Waals surface area contributed by atoms with Crippen molar-refractivity contribution in [3.05, 3.63) is 4.91 Å². The number of hydrogen-bond donors (Lipinski definition) is 0. The summed E-state index contributed by atoms with van der Waals surface area (Å²) in [7, 11) is 0. The van der Waals surface area contributed by atoms with Gasteiger partial charge in [-0.1, -0.05) is 6.92 Å². The number of halogens is 3. The van der Waals surface area contributed by atoms with E-state index in [0.717, 1.165) is 5.01 Å². The molecule has 10 heteroatoms. The Bertz CT molecular complexity index is 494. The number of hydrogen-bond acceptors (Lipinski definition) is 6. The third-order valence-corrected chi connectivity index (χ3v) is 4.02. The van der Waals surface area contributed by atoms with Crippen LogP contribution in [0.2, 0.25) is 0 Å². The summed E-state index contributed by atoms with van der Waals surface area (Å²) in [5.41, 5.74) is -2.05. The van der Waals surface area contributed by atoms with E-state index in [9.17, 15) is 28.1 Å². The van der Waals surface area contributed by atoms with Crippen LogP contribution in [0.15, 0.2) is 5.29 Å². The van der Waals surface area contributed by atoms with Gasteiger partial charge in [0.1, 0.15) is 12.2 Å². The standard InChI is InChI=1S/C13H19F3N4O3/c1-4-9(2)20(18-22)10(3)19-7-5-6-12(19,8-17)23-11(21)13(14,15)16/h9-10H,4-7H2,1-3H3. The average molecular weight is 336 g/mol. The first-order valence-corrected chi connectivity index (χ1v) is 7.22. The Morgan fingerprint density at radius 2 is 2.13 bits per heavy atom. The third kappa shape index (κ3) is 3.90. The van der Waals surface area contributed by atoms with Crippen molar-refractivity contribution in [3.63, 3.8) is 0 Å². The lowest BCUT2D eigenvalue weighted by Crippen LogP contribution is -2.57. The second-order valence-corrected chi connectivity index (χ2v) is 5.43. The van der Waals surface area contributed by atoms with Crippen LogP contribution in [0.4, 0.5) is 13.2 Å². The summed E-state index contributed by atoms with van der Waals surface area (Å²) in [6, 6.07) is 1.38. The molecule has 23 heavy (non-hydrogen) atoms. The normalized spacial score (nSPS) is 24.6. The summed E-state index contributed by atoms with van der Waals surface area (Å²) in [6.45, 7) is 5.29. The highest BCUT2D eigenvalue weighted by molar-refractivity contribution is 5.76. The predicted octanol–water partition coefficient (Wildman–Crippen LogP) is 2.54. The highest BCUT2D eigenvalue weighted by atomic mass is 19.4. The van der Waals surface area contributed by atoms with Gasteiger partial charge in [0.05, 0.1) is 5.29 Å². The highest BCUT2D eigenvalue weighted by Gasteiger charge is 2.53. The van der Waals surface area contributed by atoms with Crippen molar-refractivity contribution >= 4 is 5.97 Å². The first-order valence-electron chi connectivity index (χ1n) is 7.22. The van der Waals surface area contributed by atoms with Crippen LogP contribution in [-0.4, -0.2) is 46.5 Å². The average Bonchev–Trinajstić information content (AvgIpc) is 2.90. The summed E-state index contributed by atoms with van der Waals surface area (Å²) in [5, 5.41) is 13.4. The van der Waals surface area contributed by atoms with E-state index in [-0.39, 0.29) is 19.0 Å². The molecule has 0 radical (unpaired) electrons. The molecular formula is C13H19F3N4O3. The van der Waals surface area contributed by atoms with Crippen molar-refractivity contribution < 1.29 is 22.7 Å². The van der Waals surface area contributed by atoms with Gasteiger partial charge in [0, 0.05) is 19.0 Å². The molecule has 1 saturated heterocycles. The van der Waals surface area contributed by atoms with Gasteiger partial charge >= 0.3 is 12.1 Å². The molecule has 0 bridgehead atoms. The van der Waals surface area contributed by atoms with Gasteiger partial charge in [-0.25, -0.2) is 14.7 Å². The smallest absolute Gasteiger partial charge is 0.423 e. The number of nitriles is 1. The second-order valence-electron chi connectivity index (χ2n) is 5.43.